The molecule has 2 heterocycles. The van der Waals surface area contributed by atoms with E-state index in [0.717, 1.165) is 32.5 Å². The van der Waals surface area contributed by atoms with Crippen molar-refractivity contribution in [3.05, 3.63) is 35.4 Å². The lowest BCUT2D eigenvalue weighted by molar-refractivity contribution is -0.137. The van der Waals surface area contributed by atoms with Crippen LogP contribution in [0.5, 0.6) is 0 Å². The van der Waals surface area contributed by atoms with Gasteiger partial charge in [-0.1, -0.05) is 24.3 Å². The Morgan fingerprint density at radius 3 is 2.85 bits per heavy atom. The second-order valence-corrected chi connectivity index (χ2v) is 5.87. The number of fused-ring (bicyclic) bond motifs is 2. The van der Waals surface area contributed by atoms with Crippen LogP contribution in [0.25, 0.3) is 0 Å². The number of carbonyl (C=O) groups is 1. The molecular weight excluding hydrogens is 252 g/mol. The van der Waals surface area contributed by atoms with Crippen molar-refractivity contribution in [2.24, 2.45) is 0 Å². The number of nitrogens with one attached hydrogen (secondary N) is 1. The largest absolute Gasteiger partial charge is 0.375 e. The summed E-state index contributed by atoms with van der Waals surface area (Å²) >= 11 is 0. The van der Waals surface area contributed by atoms with Gasteiger partial charge in [0.05, 0.1) is 0 Å². The van der Waals surface area contributed by atoms with E-state index >= 15 is 0 Å². The monoisotopic (exact) mass is 274 g/mol. The van der Waals surface area contributed by atoms with E-state index in [4.69, 9.17) is 4.74 Å². The quantitative estimate of drug-likeness (QED) is 0.884. The van der Waals surface area contributed by atoms with Crippen LogP contribution in [0.3, 0.4) is 0 Å². The van der Waals surface area contributed by atoms with Gasteiger partial charge in [0.1, 0.15) is 6.61 Å². The molecule has 1 amide bonds. The molecule has 0 radical (unpaired) electrons. The van der Waals surface area contributed by atoms with Crippen molar-refractivity contribution in [3.63, 3.8) is 0 Å². The number of methoxy groups -OCH3 is 1. The predicted molar refractivity (Wildman–Crippen MR) is 77.5 cm³/mol. The van der Waals surface area contributed by atoms with E-state index < -0.39 is 0 Å². The molecule has 1 aromatic carbocycles. The molecule has 3 rings (SSSR count). The van der Waals surface area contributed by atoms with Gasteiger partial charge in [0.2, 0.25) is 5.91 Å². The summed E-state index contributed by atoms with van der Waals surface area (Å²) < 4.78 is 5.02. The Morgan fingerprint density at radius 1 is 1.35 bits per heavy atom. The lowest BCUT2D eigenvalue weighted by Crippen LogP contribution is -2.53. The summed E-state index contributed by atoms with van der Waals surface area (Å²) in [7, 11) is 1.58. The minimum atomic E-state index is 0.0971. The Kier molecular flexibility index (Phi) is 3.76. The van der Waals surface area contributed by atoms with Gasteiger partial charge in [0.25, 0.3) is 0 Å². The van der Waals surface area contributed by atoms with E-state index in [2.05, 4.69) is 29.6 Å². The van der Waals surface area contributed by atoms with Gasteiger partial charge in [-0.2, -0.15) is 0 Å². The van der Waals surface area contributed by atoms with Crippen LogP contribution in [0.15, 0.2) is 24.3 Å². The molecule has 1 saturated heterocycles. The number of amides is 1. The lowest BCUT2D eigenvalue weighted by atomic mass is 9.69. The number of piperidine rings is 1. The lowest BCUT2D eigenvalue weighted by Gasteiger charge is -2.46. The van der Waals surface area contributed by atoms with Crippen molar-refractivity contribution < 1.29 is 9.53 Å². The van der Waals surface area contributed by atoms with Gasteiger partial charge < -0.3 is 15.0 Å². The molecule has 20 heavy (non-hydrogen) atoms. The third-order valence-electron chi connectivity index (χ3n) is 4.62. The standard InChI is InChI=1S/C16H22N2O2/c1-20-11-15(19)18-10-13-4-2-3-5-14(13)16(12-18)6-8-17-9-7-16/h2-5,17H,6-12H2,1H3. The summed E-state index contributed by atoms with van der Waals surface area (Å²) in [6.45, 7) is 3.78. The Labute approximate surface area is 120 Å². The molecule has 0 unspecified atom stereocenters. The second-order valence-electron chi connectivity index (χ2n) is 5.87. The Morgan fingerprint density at radius 2 is 2.10 bits per heavy atom. The Balaban J connectivity index is 1.94. The molecule has 1 fully saturated rings. The molecule has 0 aromatic heterocycles. The SMILES string of the molecule is COCC(=O)N1Cc2ccccc2C2(CCNCC2)C1. The fourth-order valence-electron chi connectivity index (χ4n) is 3.61. The number of carbonyl (C=O) groups excluding carboxylic acids is 1. The van der Waals surface area contributed by atoms with Gasteiger partial charge in [-0.15, -0.1) is 0 Å². The van der Waals surface area contributed by atoms with Gasteiger partial charge in [0, 0.05) is 25.6 Å². The highest BCUT2D eigenvalue weighted by molar-refractivity contribution is 5.78. The summed E-state index contributed by atoms with van der Waals surface area (Å²) in [5, 5.41) is 3.43. The maximum atomic E-state index is 12.2. The average Bonchev–Trinajstić information content (AvgIpc) is 2.48. The summed E-state index contributed by atoms with van der Waals surface area (Å²) in [4.78, 5) is 14.2. The third-order valence-corrected chi connectivity index (χ3v) is 4.62. The highest BCUT2D eigenvalue weighted by Gasteiger charge is 2.41. The van der Waals surface area contributed by atoms with Gasteiger partial charge in [-0.25, -0.2) is 0 Å². The second kappa shape index (κ2) is 5.54. The molecule has 0 atom stereocenters. The number of hydrogen-bond donors (Lipinski definition) is 1. The number of ether oxygens (including phenoxy) is 1. The zero-order valence-electron chi connectivity index (χ0n) is 12.0. The highest BCUT2D eigenvalue weighted by atomic mass is 16.5. The third kappa shape index (κ3) is 2.34. The molecular formula is C16H22N2O2. The summed E-state index contributed by atoms with van der Waals surface area (Å²) in [6.07, 6.45) is 2.20. The highest BCUT2D eigenvalue weighted by Crippen LogP contribution is 2.40. The van der Waals surface area contributed by atoms with Crippen LogP contribution in [0.4, 0.5) is 0 Å². The molecule has 2 aliphatic heterocycles. The molecule has 4 heteroatoms. The van der Waals surface area contributed by atoms with E-state index in [1.165, 1.54) is 11.1 Å². The number of hydrogen-bond acceptors (Lipinski definition) is 3. The minimum Gasteiger partial charge on any atom is -0.375 e. The first kappa shape index (κ1) is 13.6. The van der Waals surface area contributed by atoms with Gasteiger partial charge in [0.15, 0.2) is 0 Å². The van der Waals surface area contributed by atoms with E-state index in [1.807, 2.05) is 4.90 Å². The number of rotatable bonds is 2. The van der Waals surface area contributed by atoms with Crippen molar-refractivity contribution >= 4 is 5.91 Å². The fourth-order valence-corrected chi connectivity index (χ4v) is 3.61. The molecule has 1 spiro atoms. The fraction of sp³-hybridized carbons (Fsp3) is 0.562. The Hall–Kier alpha value is -1.39. The molecule has 1 N–H and O–H groups in total. The van der Waals surface area contributed by atoms with Crippen molar-refractivity contribution in [1.82, 2.24) is 10.2 Å². The summed E-state index contributed by atoms with van der Waals surface area (Å²) in [5.41, 5.74) is 2.87. The van der Waals surface area contributed by atoms with E-state index in [0.29, 0.717) is 6.54 Å². The summed E-state index contributed by atoms with van der Waals surface area (Å²) in [5.74, 6) is 0.0971. The van der Waals surface area contributed by atoms with Crippen LogP contribution < -0.4 is 5.32 Å². The molecule has 2 aliphatic rings. The topological polar surface area (TPSA) is 41.6 Å². The normalized spacial score (nSPS) is 20.8. The molecule has 0 saturated carbocycles. The van der Waals surface area contributed by atoms with Gasteiger partial charge >= 0.3 is 0 Å². The smallest absolute Gasteiger partial charge is 0.248 e. The predicted octanol–water partition coefficient (Wildman–Crippen LogP) is 1.30. The van der Waals surface area contributed by atoms with Crippen molar-refractivity contribution in [3.8, 4) is 0 Å². The van der Waals surface area contributed by atoms with Crippen molar-refractivity contribution in [1.29, 1.82) is 0 Å². The maximum absolute atomic E-state index is 12.2. The number of benzene rings is 1. The zero-order valence-corrected chi connectivity index (χ0v) is 12.0. The zero-order chi connectivity index (χ0) is 14.0. The van der Waals surface area contributed by atoms with Crippen LogP contribution in [-0.4, -0.2) is 44.2 Å². The van der Waals surface area contributed by atoms with Crippen LogP contribution in [-0.2, 0) is 21.5 Å². The van der Waals surface area contributed by atoms with Crippen LogP contribution in [0, 0.1) is 0 Å². The van der Waals surface area contributed by atoms with E-state index in [-0.39, 0.29) is 17.9 Å². The molecule has 0 aliphatic carbocycles. The van der Waals surface area contributed by atoms with Crippen molar-refractivity contribution in [2.75, 3.05) is 33.4 Å². The molecule has 0 bridgehead atoms. The van der Waals surface area contributed by atoms with E-state index in [9.17, 15) is 4.79 Å². The summed E-state index contributed by atoms with van der Waals surface area (Å²) in [6, 6.07) is 8.59. The molecule has 4 nitrogen and oxygen atoms in total. The van der Waals surface area contributed by atoms with Crippen LogP contribution in [0.1, 0.15) is 24.0 Å². The molecule has 1 aromatic rings. The van der Waals surface area contributed by atoms with Crippen LogP contribution in [0.2, 0.25) is 0 Å². The number of nitrogens with zero attached hydrogens (tertiary/aromatic N) is 1. The van der Waals surface area contributed by atoms with Gasteiger partial charge in [-0.05, 0) is 37.1 Å². The Bertz CT molecular complexity index is 495. The first-order chi connectivity index (χ1) is 9.75. The van der Waals surface area contributed by atoms with Gasteiger partial charge in [-0.3, -0.25) is 4.79 Å². The van der Waals surface area contributed by atoms with Crippen LogP contribution >= 0.6 is 0 Å². The molecule has 108 valence electrons. The minimum absolute atomic E-state index is 0.0971. The first-order valence-corrected chi connectivity index (χ1v) is 7.31. The average molecular weight is 274 g/mol. The maximum Gasteiger partial charge on any atom is 0.248 e. The van der Waals surface area contributed by atoms with E-state index in [1.54, 1.807) is 7.11 Å². The first-order valence-electron chi connectivity index (χ1n) is 7.31. The van der Waals surface area contributed by atoms with Crippen molar-refractivity contribution in [2.45, 2.75) is 24.8 Å².